The summed E-state index contributed by atoms with van der Waals surface area (Å²) < 4.78 is 0. The molecule has 1 heterocycles. The second-order valence-electron chi connectivity index (χ2n) is 4.39. The molecule has 0 fully saturated rings. The van der Waals surface area contributed by atoms with Gasteiger partial charge in [-0.15, -0.1) is 11.3 Å². The molecular weight excluding hydrogens is 242 g/mol. The number of rotatable bonds is 5. The summed E-state index contributed by atoms with van der Waals surface area (Å²) in [5.41, 5.74) is 8.02. The highest BCUT2D eigenvalue weighted by molar-refractivity contribution is 7.15. The zero-order valence-corrected chi connectivity index (χ0v) is 11.6. The lowest BCUT2D eigenvalue weighted by atomic mass is 9.99. The Morgan fingerprint density at radius 1 is 1.33 bits per heavy atom. The van der Waals surface area contributed by atoms with E-state index in [0.717, 1.165) is 15.7 Å². The maximum atomic E-state index is 5.57. The van der Waals surface area contributed by atoms with Crippen LogP contribution in [0, 0.1) is 0 Å². The van der Waals surface area contributed by atoms with Gasteiger partial charge < -0.3 is 11.1 Å². The molecule has 0 aliphatic heterocycles. The number of benzene rings is 1. The summed E-state index contributed by atoms with van der Waals surface area (Å²) in [6.45, 7) is 5.00. The molecule has 3 nitrogen and oxygen atoms in total. The minimum absolute atomic E-state index is 0.548. The van der Waals surface area contributed by atoms with Gasteiger partial charge in [0.2, 0.25) is 0 Å². The summed E-state index contributed by atoms with van der Waals surface area (Å²) in [5.74, 6) is 0.614. The van der Waals surface area contributed by atoms with E-state index in [4.69, 9.17) is 5.73 Å². The second-order valence-corrected chi connectivity index (χ2v) is 5.51. The van der Waals surface area contributed by atoms with Gasteiger partial charge in [0.25, 0.3) is 0 Å². The van der Waals surface area contributed by atoms with Crippen LogP contribution in [0.5, 0.6) is 0 Å². The lowest BCUT2D eigenvalue weighted by Crippen LogP contribution is -1.93. The molecule has 0 saturated carbocycles. The monoisotopic (exact) mass is 261 g/mol. The van der Waals surface area contributed by atoms with E-state index in [1.807, 2.05) is 6.20 Å². The van der Waals surface area contributed by atoms with Crippen LogP contribution in [-0.2, 0) is 6.54 Å². The van der Waals surface area contributed by atoms with Crippen LogP contribution in [0.1, 0.15) is 36.6 Å². The number of hydrogen-bond acceptors (Lipinski definition) is 4. The summed E-state index contributed by atoms with van der Waals surface area (Å²) in [7, 11) is 0. The van der Waals surface area contributed by atoms with E-state index in [1.165, 1.54) is 12.0 Å². The lowest BCUT2D eigenvalue weighted by Gasteiger charge is -2.09. The predicted molar refractivity (Wildman–Crippen MR) is 78.4 cm³/mol. The second kappa shape index (κ2) is 5.98. The Morgan fingerprint density at radius 2 is 2.06 bits per heavy atom. The van der Waals surface area contributed by atoms with Crippen molar-refractivity contribution in [1.29, 1.82) is 0 Å². The van der Waals surface area contributed by atoms with Crippen molar-refractivity contribution in [3.8, 4) is 0 Å². The molecule has 4 heteroatoms. The van der Waals surface area contributed by atoms with Crippen LogP contribution in [0.2, 0.25) is 0 Å². The Balaban J connectivity index is 2.06. The Labute approximate surface area is 112 Å². The molecule has 0 spiro atoms. The average molecular weight is 261 g/mol. The van der Waals surface area contributed by atoms with Crippen LogP contribution in [-0.4, -0.2) is 4.98 Å². The number of thiazole rings is 1. The largest absolute Gasteiger partial charge is 0.332 e. The molecule has 2 rings (SSSR count). The summed E-state index contributed by atoms with van der Waals surface area (Å²) in [6, 6.07) is 8.55. The van der Waals surface area contributed by atoms with Crippen molar-refractivity contribution in [2.45, 2.75) is 32.7 Å². The van der Waals surface area contributed by atoms with Gasteiger partial charge in [-0.2, -0.15) is 0 Å². The van der Waals surface area contributed by atoms with E-state index in [2.05, 4.69) is 48.4 Å². The topological polar surface area (TPSA) is 50.9 Å². The van der Waals surface area contributed by atoms with Crippen molar-refractivity contribution in [3.63, 3.8) is 0 Å². The molecule has 2 aromatic rings. The lowest BCUT2D eigenvalue weighted by molar-refractivity contribution is 0.734. The third-order valence-corrected chi connectivity index (χ3v) is 4.03. The molecule has 0 radical (unpaired) electrons. The van der Waals surface area contributed by atoms with E-state index in [-0.39, 0.29) is 0 Å². The van der Waals surface area contributed by atoms with Gasteiger partial charge in [-0.25, -0.2) is 4.98 Å². The van der Waals surface area contributed by atoms with Gasteiger partial charge in [-0.05, 0) is 30.0 Å². The smallest absolute Gasteiger partial charge is 0.187 e. The van der Waals surface area contributed by atoms with Gasteiger partial charge in [-0.1, -0.05) is 26.0 Å². The third kappa shape index (κ3) is 3.09. The van der Waals surface area contributed by atoms with Gasteiger partial charge in [0.15, 0.2) is 5.13 Å². The maximum absolute atomic E-state index is 5.57. The van der Waals surface area contributed by atoms with Gasteiger partial charge in [-0.3, -0.25) is 0 Å². The minimum Gasteiger partial charge on any atom is -0.332 e. The highest BCUT2D eigenvalue weighted by Gasteiger charge is 2.04. The number of aromatic nitrogens is 1. The van der Waals surface area contributed by atoms with Crippen molar-refractivity contribution in [3.05, 3.63) is 40.9 Å². The number of nitrogens with zero attached hydrogens (tertiary/aromatic N) is 1. The molecule has 0 bridgehead atoms. The zero-order valence-electron chi connectivity index (χ0n) is 10.8. The van der Waals surface area contributed by atoms with Crippen LogP contribution >= 0.6 is 11.3 Å². The first-order chi connectivity index (χ1) is 8.72. The molecule has 0 saturated heterocycles. The molecule has 18 heavy (non-hydrogen) atoms. The van der Waals surface area contributed by atoms with E-state index in [9.17, 15) is 0 Å². The standard InChI is InChI=1S/C14H19N3S/c1-3-10(2)11-4-6-12(7-5-11)17-14-16-9-13(8-15)18-14/h4-7,9-10H,3,8,15H2,1-2H3,(H,16,17). The SMILES string of the molecule is CCC(C)c1ccc(Nc2ncc(CN)s2)cc1. The normalized spacial score (nSPS) is 12.4. The average Bonchev–Trinajstić information content (AvgIpc) is 2.86. The number of hydrogen-bond donors (Lipinski definition) is 2. The highest BCUT2D eigenvalue weighted by Crippen LogP contribution is 2.24. The Kier molecular flexibility index (Phi) is 4.33. The maximum Gasteiger partial charge on any atom is 0.187 e. The predicted octanol–water partition coefficient (Wildman–Crippen LogP) is 3.86. The molecular formula is C14H19N3S. The van der Waals surface area contributed by atoms with Gasteiger partial charge in [0, 0.05) is 23.3 Å². The zero-order chi connectivity index (χ0) is 13.0. The van der Waals surface area contributed by atoms with Crippen molar-refractivity contribution in [2.24, 2.45) is 5.73 Å². The van der Waals surface area contributed by atoms with Gasteiger partial charge in [0.1, 0.15) is 0 Å². The van der Waals surface area contributed by atoms with Crippen LogP contribution in [0.15, 0.2) is 30.5 Å². The fourth-order valence-corrected chi connectivity index (χ4v) is 2.43. The molecule has 1 atom stereocenters. The molecule has 0 aliphatic carbocycles. The van der Waals surface area contributed by atoms with Gasteiger partial charge >= 0.3 is 0 Å². The van der Waals surface area contributed by atoms with E-state index in [0.29, 0.717) is 12.5 Å². The molecule has 96 valence electrons. The van der Waals surface area contributed by atoms with E-state index >= 15 is 0 Å². The quantitative estimate of drug-likeness (QED) is 0.859. The molecule has 1 unspecified atom stereocenters. The number of anilines is 2. The molecule has 1 aromatic carbocycles. The summed E-state index contributed by atoms with van der Waals surface area (Å²) in [6.07, 6.45) is 2.99. The molecule has 0 amide bonds. The van der Waals surface area contributed by atoms with Crippen molar-refractivity contribution in [2.75, 3.05) is 5.32 Å². The summed E-state index contributed by atoms with van der Waals surface area (Å²) in [5, 5.41) is 4.19. The van der Waals surface area contributed by atoms with E-state index < -0.39 is 0 Å². The first-order valence-corrected chi connectivity index (χ1v) is 7.06. The molecule has 1 aromatic heterocycles. The fraction of sp³-hybridized carbons (Fsp3) is 0.357. The molecule has 3 N–H and O–H groups in total. The van der Waals surface area contributed by atoms with Crippen LogP contribution in [0.3, 0.4) is 0 Å². The Hall–Kier alpha value is -1.39. The first kappa shape index (κ1) is 13.1. The summed E-state index contributed by atoms with van der Waals surface area (Å²) >= 11 is 1.60. The molecule has 0 aliphatic rings. The Morgan fingerprint density at radius 3 is 2.61 bits per heavy atom. The number of nitrogens with two attached hydrogens (primary N) is 1. The van der Waals surface area contributed by atoms with Crippen LogP contribution in [0.25, 0.3) is 0 Å². The highest BCUT2D eigenvalue weighted by atomic mass is 32.1. The van der Waals surface area contributed by atoms with Crippen molar-refractivity contribution >= 4 is 22.2 Å². The summed E-state index contributed by atoms with van der Waals surface area (Å²) in [4.78, 5) is 5.37. The Bertz CT molecular complexity index is 490. The minimum atomic E-state index is 0.548. The van der Waals surface area contributed by atoms with E-state index in [1.54, 1.807) is 11.3 Å². The van der Waals surface area contributed by atoms with Crippen molar-refractivity contribution in [1.82, 2.24) is 4.98 Å². The van der Waals surface area contributed by atoms with Crippen molar-refractivity contribution < 1.29 is 0 Å². The third-order valence-electron chi connectivity index (χ3n) is 3.10. The van der Waals surface area contributed by atoms with Crippen LogP contribution in [0.4, 0.5) is 10.8 Å². The first-order valence-electron chi connectivity index (χ1n) is 6.24. The van der Waals surface area contributed by atoms with Crippen LogP contribution < -0.4 is 11.1 Å². The fourth-order valence-electron chi connectivity index (χ4n) is 1.71. The number of nitrogens with one attached hydrogen (secondary N) is 1. The van der Waals surface area contributed by atoms with Gasteiger partial charge in [0.05, 0.1) is 0 Å².